The lowest BCUT2D eigenvalue weighted by atomic mass is 10.2. The van der Waals surface area contributed by atoms with Gasteiger partial charge < -0.3 is 20.7 Å². The molecule has 2 amide bonds. The molecule has 6 nitrogen and oxygen atoms in total. The minimum absolute atomic E-state index is 0.122. The van der Waals surface area contributed by atoms with E-state index in [4.69, 9.17) is 4.74 Å². The van der Waals surface area contributed by atoms with Crippen molar-refractivity contribution in [3.8, 4) is 11.5 Å². The molecule has 0 spiro atoms. The van der Waals surface area contributed by atoms with Crippen LogP contribution in [0.4, 0.5) is 11.4 Å². The van der Waals surface area contributed by atoms with Gasteiger partial charge in [0.15, 0.2) is 0 Å². The first-order chi connectivity index (χ1) is 14.1. The van der Waals surface area contributed by atoms with Gasteiger partial charge in [0.2, 0.25) is 5.91 Å². The Balaban J connectivity index is 1.47. The van der Waals surface area contributed by atoms with Gasteiger partial charge in [-0.05, 0) is 67.6 Å². The van der Waals surface area contributed by atoms with Crippen molar-refractivity contribution in [2.75, 3.05) is 23.7 Å². The van der Waals surface area contributed by atoms with E-state index >= 15 is 0 Å². The molecule has 3 aromatic carbocycles. The zero-order chi connectivity index (χ0) is 20.5. The van der Waals surface area contributed by atoms with Gasteiger partial charge in [-0.3, -0.25) is 9.59 Å². The van der Waals surface area contributed by atoms with Gasteiger partial charge >= 0.3 is 0 Å². The Morgan fingerprint density at radius 3 is 2.07 bits per heavy atom. The van der Waals surface area contributed by atoms with Crippen molar-refractivity contribution in [2.24, 2.45) is 0 Å². The second-order valence-corrected chi connectivity index (χ2v) is 6.28. The standard InChI is InChI=1S/C23H23N3O3/c1-2-24-23(28)17-8-10-19(11-9-17)26-22(27)16-25-18-12-14-21(15-13-18)29-20-6-4-3-5-7-20/h3-15,25H,2,16H2,1H3,(H,24,28)(H,26,27). The number of anilines is 2. The number of benzene rings is 3. The summed E-state index contributed by atoms with van der Waals surface area (Å²) in [6, 6.07) is 23.7. The first kappa shape index (κ1) is 19.9. The lowest BCUT2D eigenvalue weighted by Gasteiger charge is -2.10. The molecule has 0 saturated carbocycles. The zero-order valence-corrected chi connectivity index (χ0v) is 16.1. The lowest BCUT2D eigenvalue weighted by molar-refractivity contribution is -0.114. The Kier molecular flexibility index (Phi) is 6.84. The SMILES string of the molecule is CCNC(=O)c1ccc(NC(=O)CNc2ccc(Oc3ccccc3)cc2)cc1. The summed E-state index contributed by atoms with van der Waals surface area (Å²) >= 11 is 0. The van der Waals surface area contributed by atoms with Crippen molar-refractivity contribution >= 4 is 23.2 Å². The molecule has 3 aromatic rings. The zero-order valence-electron chi connectivity index (χ0n) is 16.1. The van der Waals surface area contributed by atoms with Gasteiger partial charge in [0.05, 0.1) is 6.54 Å². The van der Waals surface area contributed by atoms with E-state index in [0.717, 1.165) is 17.2 Å². The molecule has 3 rings (SSSR count). The summed E-state index contributed by atoms with van der Waals surface area (Å²) in [5.41, 5.74) is 2.00. The number of hydrogen-bond donors (Lipinski definition) is 3. The van der Waals surface area contributed by atoms with Crippen LogP contribution in [0.2, 0.25) is 0 Å². The van der Waals surface area contributed by atoms with Crippen LogP contribution in [-0.2, 0) is 4.79 Å². The van der Waals surface area contributed by atoms with E-state index in [9.17, 15) is 9.59 Å². The predicted octanol–water partition coefficient (Wildman–Crippen LogP) is 4.28. The molecule has 0 saturated heterocycles. The molecular weight excluding hydrogens is 366 g/mol. The Morgan fingerprint density at radius 2 is 1.41 bits per heavy atom. The van der Waals surface area contributed by atoms with Crippen LogP contribution in [0, 0.1) is 0 Å². The number of para-hydroxylation sites is 1. The molecule has 0 aliphatic heterocycles. The van der Waals surface area contributed by atoms with Gasteiger partial charge in [-0.25, -0.2) is 0 Å². The Morgan fingerprint density at radius 1 is 0.793 bits per heavy atom. The first-order valence-electron chi connectivity index (χ1n) is 9.39. The molecule has 0 heterocycles. The normalized spacial score (nSPS) is 10.1. The molecule has 29 heavy (non-hydrogen) atoms. The highest BCUT2D eigenvalue weighted by Gasteiger charge is 2.06. The van der Waals surface area contributed by atoms with Crippen LogP contribution in [0.15, 0.2) is 78.9 Å². The molecule has 0 fully saturated rings. The molecule has 6 heteroatoms. The van der Waals surface area contributed by atoms with Crippen LogP contribution >= 0.6 is 0 Å². The minimum atomic E-state index is -0.180. The van der Waals surface area contributed by atoms with Crippen LogP contribution < -0.4 is 20.7 Å². The molecule has 0 bridgehead atoms. The quantitative estimate of drug-likeness (QED) is 0.537. The predicted molar refractivity (Wildman–Crippen MR) is 115 cm³/mol. The molecule has 3 N–H and O–H groups in total. The average molecular weight is 389 g/mol. The summed E-state index contributed by atoms with van der Waals surface area (Å²) in [6.07, 6.45) is 0. The average Bonchev–Trinajstić information content (AvgIpc) is 2.75. The first-order valence-corrected chi connectivity index (χ1v) is 9.39. The summed E-state index contributed by atoms with van der Waals surface area (Å²) in [7, 11) is 0. The van der Waals surface area contributed by atoms with Gasteiger partial charge in [-0.1, -0.05) is 18.2 Å². The minimum Gasteiger partial charge on any atom is -0.457 e. The maximum atomic E-state index is 12.1. The third-order valence-corrected chi connectivity index (χ3v) is 4.05. The number of rotatable bonds is 8. The van der Waals surface area contributed by atoms with Crippen LogP contribution in [0.1, 0.15) is 17.3 Å². The highest BCUT2D eigenvalue weighted by molar-refractivity contribution is 5.96. The third-order valence-electron chi connectivity index (χ3n) is 4.05. The second-order valence-electron chi connectivity index (χ2n) is 6.28. The lowest BCUT2D eigenvalue weighted by Crippen LogP contribution is -2.23. The van der Waals surface area contributed by atoms with Crippen molar-refractivity contribution in [3.63, 3.8) is 0 Å². The van der Waals surface area contributed by atoms with E-state index in [1.165, 1.54) is 0 Å². The van der Waals surface area contributed by atoms with Crippen molar-refractivity contribution < 1.29 is 14.3 Å². The summed E-state index contributed by atoms with van der Waals surface area (Å²) in [6.45, 7) is 2.56. The second kappa shape index (κ2) is 9.94. The number of nitrogens with one attached hydrogen (secondary N) is 3. The number of carbonyl (C=O) groups is 2. The van der Waals surface area contributed by atoms with Crippen LogP contribution in [0.25, 0.3) is 0 Å². The summed E-state index contributed by atoms with van der Waals surface area (Å²) in [5.74, 6) is 1.18. The largest absolute Gasteiger partial charge is 0.457 e. The van der Waals surface area contributed by atoms with Crippen molar-refractivity contribution in [1.29, 1.82) is 0 Å². The molecular formula is C23H23N3O3. The van der Waals surface area contributed by atoms with E-state index in [-0.39, 0.29) is 18.4 Å². The van der Waals surface area contributed by atoms with Crippen molar-refractivity contribution in [1.82, 2.24) is 5.32 Å². The van der Waals surface area contributed by atoms with Crippen LogP contribution in [0.5, 0.6) is 11.5 Å². The number of carbonyl (C=O) groups excluding carboxylic acids is 2. The molecule has 148 valence electrons. The molecule has 0 aromatic heterocycles. The van der Waals surface area contributed by atoms with Crippen molar-refractivity contribution in [2.45, 2.75) is 6.92 Å². The fraction of sp³-hybridized carbons (Fsp3) is 0.130. The molecule has 0 aliphatic rings. The topological polar surface area (TPSA) is 79.5 Å². The van der Waals surface area contributed by atoms with E-state index < -0.39 is 0 Å². The Bertz CT molecular complexity index is 939. The Labute approximate surface area is 169 Å². The summed E-state index contributed by atoms with van der Waals surface area (Å²) in [4.78, 5) is 23.9. The number of hydrogen-bond acceptors (Lipinski definition) is 4. The van der Waals surface area contributed by atoms with Gasteiger partial charge in [0.25, 0.3) is 5.91 Å². The Hall–Kier alpha value is -3.80. The highest BCUT2D eigenvalue weighted by atomic mass is 16.5. The van der Waals surface area contributed by atoms with Gasteiger partial charge in [-0.15, -0.1) is 0 Å². The van der Waals surface area contributed by atoms with E-state index in [1.807, 2.05) is 61.5 Å². The number of ether oxygens (including phenoxy) is 1. The van der Waals surface area contributed by atoms with Crippen LogP contribution in [-0.4, -0.2) is 24.9 Å². The molecule has 0 unspecified atom stereocenters. The fourth-order valence-electron chi connectivity index (χ4n) is 2.62. The highest BCUT2D eigenvalue weighted by Crippen LogP contribution is 2.22. The third kappa shape index (κ3) is 6.10. The molecule has 0 radical (unpaired) electrons. The molecule has 0 aliphatic carbocycles. The van der Waals surface area contributed by atoms with E-state index in [0.29, 0.717) is 17.8 Å². The van der Waals surface area contributed by atoms with E-state index in [1.54, 1.807) is 24.3 Å². The van der Waals surface area contributed by atoms with Gasteiger partial charge in [0, 0.05) is 23.5 Å². The van der Waals surface area contributed by atoms with Crippen LogP contribution in [0.3, 0.4) is 0 Å². The monoisotopic (exact) mass is 389 g/mol. The van der Waals surface area contributed by atoms with Gasteiger partial charge in [-0.2, -0.15) is 0 Å². The smallest absolute Gasteiger partial charge is 0.251 e. The van der Waals surface area contributed by atoms with E-state index in [2.05, 4.69) is 16.0 Å². The van der Waals surface area contributed by atoms with Gasteiger partial charge in [0.1, 0.15) is 11.5 Å². The maximum Gasteiger partial charge on any atom is 0.251 e. The van der Waals surface area contributed by atoms with Crippen molar-refractivity contribution in [3.05, 3.63) is 84.4 Å². The molecule has 0 atom stereocenters. The summed E-state index contributed by atoms with van der Waals surface area (Å²) in [5, 5.41) is 8.60. The fourth-order valence-corrected chi connectivity index (χ4v) is 2.62. The summed E-state index contributed by atoms with van der Waals surface area (Å²) < 4.78 is 5.74. The maximum absolute atomic E-state index is 12.1. The number of amides is 2.